The van der Waals surface area contributed by atoms with Gasteiger partial charge in [-0.25, -0.2) is 9.37 Å². The van der Waals surface area contributed by atoms with Gasteiger partial charge in [0.15, 0.2) is 11.0 Å². The van der Waals surface area contributed by atoms with Gasteiger partial charge in [0.2, 0.25) is 0 Å². The molecule has 2 aromatic rings. The van der Waals surface area contributed by atoms with Crippen molar-refractivity contribution in [2.45, 2.75) is 37.3 Å². The van der Waals surface area contributed by atoms with Crippen molar-refractivity contribution in [3.63, 3.8) is 0 Å². The summed E-state index contributed by atoms with van der Waals surface area (Å²) in [6, 6.07) is 0.117. The second-order valence-corrected chi connectivity index (χ2v) is 8.69. The van der Waals surface area contributed by atoms with Crippen LogP contribution in [0, 0.1) is 5.82 Å². The number of hydrogen-bond donors (Lipinski definition) is 1. The lowest BCUT2D eigenvalue weighted by atomic mass is 9.95. The molecule has 8 nitrogen and oxygen atoms in total. The van der Waals surface area contributed by atoms with Crippen molar-refractivity contribution in [3.8, 4) is 6.01 Å². The molecule has 0 bridgehead atoms. The molecule has 1 atom stereocenters. The summed E-state index contributed by atoms with van der Waals surface area (Å²) in [6.07, 6.45) is 5.30. The molecule has 0 saturated carbocycles. The zero-order valence-corrected chi connectivity index (χ0v) is 17.4. The second kappa shape index (κ2) is 8.03. The minimum Gasteiger partial charge on any atom is -0.461 e. The van der Waals surface area contributed by atoms with Crippen molar-refractivity contribution < 1.29 is 19.0 Å². The Morgan fingerprint density at radius 2 is 2.07 bits per heavy atom. The molecule has 10 heteroatoms. The Kier molecular flexibility index (Phi) is 5.38. The zero-order valence-electron chi connectivity index (χ0n) is 16.7. The Morgan fingerprint density at radius 3 is 2.87 bits per heavy atom. The van der Waals surface area contributed by atoms with Gasteiger partial charge in [0.05, 0.1) is 30.2 Å². The second-order valence-electron chi connectivity index (χ2n) is 8.34. The van der Waals surface area contributed by atoms with Gasteiger partial charge in [0, 0.05) is 19.3 Å². The van der Waals surface area contributed by atoms with Crippen molar-refractivity contribution in [1.82, 2.24) is 19.9 Å². The lowest BCUT2D eigenvalue weighted by molar-refractivity contribution is 0.0597. The molecule has 3 aliphatic rings. The Balaban J connectivity index is 1.51. The maximum Gasteiger partial charge on any atom is 0.319 e. The number of aliphatic hydroxyl groups excluding tert-OH is 1. The van der Waals surface area contributed by atoms with Crippen LogP contribution >= 0.6 is 11.6 Å². The molecule has 0 radical (unpaired) electrons. The molecular formula is C20H25ClFN5O3. The summed E-state index contributed by atoms with van der Waals surface area (Å²) < 4.78 is 26.3. The van der Waals surface area contributed by atoms with E-state index in [-0.39, 0.29) is 28.8 Å². The normalized spacial score (nSPS) is 24.2. The van der Waals surface area contributed by atoms with E-state index < -0.39 is 11.9 Å². The number of nitrogens with zero attached hydrogens (tertiary/aromatic N) is 5. The minimum atomic E-state index is -0.698. The number of anilines is 1. The third kappa shape index (κ3) is 3.57. The van der Waals surface area contributed by atoms with E-state index in [1.807, 2.05) is 4.90 Å². The quantitative estimate of drug-likeness (QED) is 0.727. The molecular weight excluding hydrogens is 413 g/mol. The fraction of sp³-hybridized carbons (Fsp3) is 0.650. The summed E-state index contributed by atoms with van der Waals surface area (Å²) in [5.74, 6) is -0.231. The van der Waals surface area contributed by atoms with Crippen LogP contribution in [0.3, 0.4) is 0 Å². The number of β-amino-alcohol motifs (C(OH)–C–C–N with tert-alkyl or cyclic N) is 1. The summed E-state index contributed by atoms with van der Waals surface area (Å²) in [6.45, 7) is 4.16. The molecule has 0 aliphatic carbocycles. The lowest BCUT2D eigenvalue weighted by Crippen LogP contribution is -2.43. The summed E-state index contributed by atoms with van der Waals surface area (Å²) in [4.78, 5) is 17.2. The van der Waals surface area contributed by atoms with E-state index in [1.54, 1.807) is 0 Å². The number of fused-ring (bicyclic) bond motifs is 2. The Hall–Kier alpha value is -1.81. The molecule has 30 heavy (non-hydrogen) atoms. The van der Waals surface area contributed by atoms with Gasteiger partial charge in [-0.15, -0.1) is 0 Å². The molecule has 3 saturated heterocycles. The highest BCUT2D eigenvalue weighted by atomic mass is 35.5. The molecule has 3 aliphatic heterocycles. The highest BCUT2D eigenvalue weighted by molar-refractivity contribution is 6.30. The standard InChI is InChI=1S/C20H25ClFN5O3/c21-17-15(22)16-14(9-23-17)18(26-7-8-29-11-13(28)10-26)25-19(24-16)30-12-20-3-1-5-27(20)6-2-4-20/h9,13,28H,1-8,10-12H2. The van der Waals surface area contributed by atoms with Crippen molar-refractivity contribution in [2.75, 3.05) is 50.9 Å². The van der Waals surface area contributed by atoms with Gasteiger partial charge in [0.1, 0.15) is 17.9 Å². The first-order chi connectivity index (χ1) is 14.6. The molecule has 0 amide bonds. The van der Waals surface area contributed by atoms with Crippen molar-refractivity contribution in [1.29, 1.82) is 0 Å². The van der Waals surface area contributed by atoms with E-state index in [0.717, 1.165) is 38.8 Å². The monoisotopic (exact) mass is 437 g/mol. The van der Waals surface area contributed by atoms with Crippen LogP contribution in [0.2, 0.25) is 5.15 Å². The average molecular weight is 438 g/mol. The van der Waals surface area contributed by atoms with Crippen molar-refractivity contribution >= 4 is 28.3 Å². The highest BCUT2D eigenvalue weighted by Gasteiger charge is 2.45. The Morgan fingerprint density at radius 1 is 1.27 bits per heavy atom. The van der Waals surface area contributed by atoms with Gasteiger partial charge >= 0.3 is 6.01 Å². The van der Waals surface area contributed by atoms with E-state index in [0.29, 0.717) is 37.5 Å². The van der Waals surface area contributed by atoms with E-state index in [9.17, 15) is 9.50 Å². The molecule has 2 aromatic heterocycles. The predicted molar refractivity (Wildman–Crippen MR) is 110 cm³/mol. The molecule has 0 aromatic carbocycles. The van der Waals surface area contributed by atoms with E-state index >= 15 is 0 Å². The van der Waals surface area contributed by atoms with E-state index in [4.69, 9.17) is 21.1 Å². The fourth-order valence-corrected chi connectivity index (χ4v) is 5.09. The molecule has 0 spiro atoms. The Labute approximate surface area is 179 Å². The average Bonchev–Trinajstić information content (AvgIpc) is 3.24. The summed E-state index contributed by atoms with van der Waals surface area (Å²) in [5.41, 5.74) is 0.0985. The summed E-state index contributed by atoms with van der Waals surface area (Å²) >= 11 is 5.91. The van der Waals surface area contributed by atoms with Crippen LogP contribution < -0.4 is 9.64 Å². The van der Waals surface area contributed by atoms with E-state index in [1.165, 1.54) is 6.20 Å². The van der Waals surface area contributed by atoms with Gasteiger partial charge in [-0.2, -0.15) is 9.97 Å². The topological polar surface area (TPSA) is 83.8 Å². The first-order valence-corrected chi connectivity index (χ1v) is 10.8. The van der Waals surface area contributed by atoms with E-state index in [2.05, 4.69) is 19.9 Å². The van der Waals surface area contributed by atoms with Crippen LogP contribution in [0.15, 0.2) is 6.20 Å². The summed E-state index contributed by atoms with van der Waals surface area (Å²) in [7, 11) is 0. The number of ether oxygens (including phenoxy) is 2. The first-order valence-electron chi connectivity index (χ1n) is 10.5. The van der Waals surface area contributed by atoms with Crippen LogP contribution in [0.5, 0.6) is 6.01 Å². The molecule has 1 N–H and O–H groups in total. The smallest absolute Gasteiger partial charge is 0.319 e. The third-order valence-corrected chi connectivity index (χ3v) is 6.69. The van der Waals surface area contributed by atoms with Gasteiger partial charge < -0.3 is 19.5 Å². The van der Waals surface area contributed by atoms with Crippen LogP contribution in [-0.4, -0.2) is 82.6 Å². The van der Waals surface area contributed by atoms with Gasteiger partial charge in [-0.1, -0.05) is 11.6 Å². The SMILES string of the molecule is OC1COCCN(c2nc(OCC34CCCN3CCC4)nc3c(F)c(Cl)ncc23)C1. The lowest BCUT2D eigenvalue weighted by Gasteiger charge is -2.31. The summed E-state index contributed by atoms with van der Waals surface area (Å²) in [5, 5.41) is 10.3. The maximum absolute atomic E-state index is 14.8. The third-order valence-electron chi connectivity index (χ3n) is 6.43. The zero-order chi connectivity index (χ0) is 20.7. The molecule has 5 heterocycles. The van der Waals surface area contributed by atoms with Crippen LogP contribution in [-0.2, 0) is 4.74 Å². The minimum absolute atomic E-state index is 0.0273. The molecule has 3 fully saturated rings. The molecule has 162 valence electrons. The molecule has 5 rings (SSSR count). The van der Waals surface area contributed by atoms with Gasteiger partial charge in [-0.05, 0) is 38.8 Å². The van der Waals surface area contributed by atoms with Crippen molar-refractivity contribution in [3.05, 3.63) is 17.2 Å². The first kappa shape index (κ1) is 20.1. The molecule has 1 unspecified atom stereocenters. The number of hydrogen-bond acceptors (Lipinski definition) is 8. The predicted octanol–water partition coefficient (Wildman–Crippen LogP) is 2.02. The van der Waals surface area contributed by atoms with Gasteiger partial charge in [-0.3, -0.25) is 4.90 Å². The van der Waals surface area contributed by atoms with Crippen LogP contribution in [0.25, 0.3) is 10.9 Å². The number of aromatic nitrogens is 3. The Bertz CT molecular complexity index is 938. The van der Waals surface area contributed by atoms with Crippen LogP contribution in [0.4, 0.5) is 10.2 Å². The number of rotatable bonds is 4. The highest BCUT2D eigenvalue weighted by Crippen LogP contribution is 2.39. The maximum atomic E-state index is 14.8. The number of aliphatic hydroxyl groups is 1. The van der Waals surface area contributed by atoms with Crippen molar-refractivity contribution in [2.24, 2.45) is 0 Å². The van der Waals surface area contributed by atoms with Gasteiger partial charge in [0.25, 0.3) is 0 Å². The number of pyridine rings is 1. The fourth-order valence-electron chi connectivity index (χ4n) is 4.95. The van der Waals surface area contributed by atoms with Crippen LogP contribution in [0.1, 0.15) is 25.7 Å². The number of halogens is 2. The largest absolute Gasteiger partial charge is 0.461 e.